The van der Waals surface area contributed by atoms with Crippen LogP contribution in [0.25, 0.3) is 0 Å². The topological polar surface area (TPSA) is 26.3 Å². The Morgan fingerprint density at radius 2 is 2.08 bits per heavy atom. The van der Waals surface area contributed by atoms with Crippen LogP contribution in [0.1, 0.15) is 26.7 Å². The molecule has 0 saturated carbocycles. The van der Waals surface area contributed by atoms with Crippen LogP contribution in [0, 0.1) is 5.92 Å². The molecule has 0 spiro atoms. The summed E-state index contributed by atoms with van der Waals surface area (Å²) in [6.07, 6.45) is 3.93. The molecule has 1 saturated heterocycles. The van der Waals surface area contributed by atoms with Gasteiger partial charge in [0.05, 0.1) is 12.9 Å². The Morgan fingerprint density at radius 1 is 1.46 bits per heavy atom. The third-order valence-electron chi connectivity index (χ3n) is 2.16. The molecule has 1 aliphatic heterocycles. The van der Waals surface area contributed by atoms with Crippen molar-refractivity contribution in [3.05, 3.63) is 11.8 Å². The molecule has 0 atom stereocenters. The van der Waals surface area contributed by atoms with Crippen LogP contribution in [0.4, 0.5) is 0 Å². The van der Waals surface area contributed by atoms with E-state index in [1.54, 1.807) is 0 Å². The summed E-state index contributed by atoms with van der Waals surface area (Å²) in [7, 11) is -0.546. The molecule has 0 radical (unpaired) electrons. The average Bonchev–Trinajstić information content (AvgIpc) is 2.08. The summed E-state index contributed by atoms with van der Waals surface area (Å²) in [4.78, 5) is 0. The molecule has 2 nitrogen and oxygen atoms in total. The number of rotatable bonds is 3. The van der Waals surface area contributed by atoms with E-state index < -0.39 is 10.8 Å². The molecule has 0 bridgehead atoms. The van der Waals surface area contributed by atoms with Crippen molar-refractivity contribution in [2.24, 2.45) is 5.92 Å². The molecule has 3 heteroatoms. The number of ether oxygens (including phenoxy) is 1. The summed E-state index contributed by atoms with van der Waals surface area (Å²) in [5.41, 5.74) is 1.19. The fourth-order valence-electron chi connectivity index (χ4n) is 1.36. The standard InChI is InChI=1S/C10H18O2S/c1-9(2)7-12-8-10-3-5-13(11)6-4-10/h7,10H,3-6,8H2,1-2H3. The second-order valence-electron chi connectivity index (χ2n) is 3.82. The van der Waals surface area contributed by atoms with Crippen LogP contribution >= 0.6 is 0 Å². The SMILES string of the molecule is CC(C)=COCC1CCS(=O)CC1. The van der Waals surface area contributed by atoms with E-state index in [1.807, 2.05) is 20.1 Å². The van der Waals surface area contributed by atoms with Crippen LogP contribution in [0.5, 0.6) is 0 Å². The fraction of sp³-hybridized carbons (Fsp3) is 0.800. The van der Waals surface area contributed by atoms with Crippen LogP contribution in [-0.4, -0.2) is 22.3 Å². The third-order valence-corrected chi connectivity index (χ3v) is 3.54. The van der Waals surface area contributed by atoms with Crippen molar-refractivity contribution in [2.45, 2.75) is 26.7 Å². The Balaban J connectivity index is 2.16. The molecule has 76 valence electrons. The lowest BCUT2D eigenvalue weighted by atomic mass is 10.0. The van der Waals surface area contributed by atoms with Gasteiger partial charge in [-0.1, -0.05) is 0 Å². The van der Waals surface area contributed by atoms with E-state index in [2.05, 4.69) is 0 Å². The number of hydrogen-bond acceptors (Lipinski definition) is 2. The Bertz CT molecular complexity index is 197. The van der Waals surface area contributed by atoms with Gasteiger partial charge in [0.15, 0.2) is 0 Å². The lowest BCUT2D eigenvalue weighted by molar-refractivity contribution is 0.185. The van der Waals surface area contributed by atoms with E-state index in [-0.39, 0.29) is 0 Å². The summed E-state index contributed by atoms with van der Waals surface area (Å²) in [6.45, 7) is 4.84. The molecule has 1 fully saturated rings. The third kappa shape index (κ3) is 4.46. The van der Waals surface area contributed by atoms with Crippen LogP contribution in [0.3, 0.4) is 0 Å². The van der Waals surface area contributed by atoms with Gasteiger partial charge in [0.1, 0.15) is 0 Å². The van der Waals surface area contributed by atoms with Gasteiger partial charge in [0.2, 0.25) is 0 Å². The highest BCUT2D eigenvalue weighted by Gasteiger charge is 2.17. The quantitative estimate of drug-likeness (QED) is 0.655. The highest BCUT2D eigenvalue weighted by Crippen LogP contribution is 2.16. The van der Waals surface area contributed by atoms with Crippen molar-refractivity contribution in [1.82, 2.24) is 0 Å². The molecule has 0 aromatic rings. The first kappa shape index (κ1) is 10.8. The summed E-state index contributed by atoms with van der Waals surface area (Å²) < 4.78 is 16.5. The molecule has 13 heavy (non-hydrogen) atoms. The maximum absolute atomic E-state index is 11.0. The van der Waals surface area contributed by atoms with Gasteiger partial charge in [0.25, 0.3) is 0 Å². The Hall–Kier alpha value is -0.310. The first-order valence-electron chi connectivity index (χ1n) is 4.78. The van der Waals surface area contributed by atoms with Crippen molar-refractivity contribution >= 4 is 10.8 Å². The van der Waals surface area contributed by atoms with Crippen LogP contribution < -0.4 is 0 Å². The minimum atomic E-state index is -0.546. The average molecular weight is 202 g/mol. The lowest BCUT2D eigenvalue weighted by Gasteiger charge is -2.20. The molecule has 0 aromatic heterocycles. The second kappa shape index (κ2) is 5.43. The Morgan fingerprint density at radius 3 is 2.62 bits per heavy atom. The van der Waals surface area contributed by atoms with Crippen molar-refractivity contribution in [2.75, 3.05) is 18.1 Å². The van der Waals surface area contributed by atoms with Gasteiger partial charge in [-0.25, -0.2) is 0 Å². The van der Waals surface area contributed by atoms with E-state index in [0.29, 0.717) is 5.92 Å². The molecule has 0 amide bonds. The van der Waals surface area contributed by atoms with Crippen LogP contribution in [0.2, 0.25) is 0 Å². The molecule has 0 N–H and O–H groups in total. The van der Waals surface area contributed by atoms with Crippen molar-refractivity contribution in [3.8, 4) is 0 Å². The molecule has 1 rings (SSSR count). The summed E-state index contributed by atoms with van der Waals surface area (Å²) in [5, 5.41) is 0. The van der Waals surface area contributed by atoms with Crippen molar-refractivity contribution in [1.29, 1.82) is 0 Å². The molecular formula is C10H18O2S. The van der Waals surface area contributed by atoms with Gasteiger partial charge in [-0.2, -0.15) is 0 Å². The Labute approximate surface area is 82.8 Å². The smallest absolute Gasteiger partial charge is 0.0902 e. The zero-order valence-corrected chi connectivity index (χ0v) is 9.23. The molecular weight excluding hydrogens is 184 g/mol. The van der Waals surface area contributed by atoms with Gasteiger partial charge in [-0.05, 0) is 38.2 Å². The molecule has 0 aliphatic carbocycles. The lowest BCUT2D eigenvalue weighted by Crippen LogP contribution is -2.21. The predicted octanol–water partition coefficient (Wildman–Crippen LogP) is 2.09. The second-order valence-corrected chi connectivity index (χ2v) is 5.52. The van der Waals surface area contributed by atoms with Crippen molar-refractivity contribution < 1.29 is 8.95 Å². The van der Waals surface area contributed by atoms with E-state index in [9.17, 15) is 4.21 Å². The van der Waals surface area contributed by atoms with E-state index in [1.165, 1.54) is 5.57 Å². The van der Waals surface area contributed by atoms with Gasteiger partial charge < -0.3 is 4.74 Å². The molecule has 0 aromatic carbocycles. The van der Waals surface area contributed by atoms with Crippen LogP contribution in [0.15, 0.2) is 11.8 Å². The first-order valence-corrected chi connectivity index (χ1v) is 6.27. The predicted molar refractivity (Wildman–Crippen MR) is 56.0 cm³/mol. The van der Waals surface area contributed by atoms with E-state index in [0.717, 1.165) is 31.0 Å². The fourth-order valence-corrected chi connectivity index (χ4v) is 2.76. The van der Waals surface area contributed by atoms with E-state index >= 15 is 0 Å². The maximum atomic E-state index is 11.0. The number of allylic oxidation sites excluding steroid dienone is 1. The normalized spacial score (nSPS) is 28.2. The van der Waals surface area contributed by atoms with E-state index in [4.69, 9.17) is 4.74 Å². The summed E-state index contributed by atoms with van der Waals surface area (Å²) in [6, 6.07) is 0. The van der Waals surface area contributed by atoms with Gasteiger partial charge in [-0.3, -0.25) is 4.21 Å². The van der Waals surface area contributed by atoms with Crippen molar-refractivity contribution in [3.63, 3.8) is 0 Å². The molecule has 1 heterocycles. The maximum Gasteiger partial charge on any atom is 0.0902 e. The highest BCUT2D eigenvalue weighted by atomic mass is 32.2. The minimum absolute atomic E-state index is 0.546. The molecule has 0 unspecified atom stereocenters. The summed E-state index contributed by atoms with van der Waals surface area (Å²) >= 11 is 0. The van der Waals surface area contributed by atoms with Crippen LogP contribution in [-0.2, 0) is 15.5 Å². The minimum Gasteiger partial charge on any atom is -0.501 e. The molecule has 1 aliphatic rings. The zero-order chi connectivity index (χ0) is 9.68. The van der Waals surface area contributed by atoms with Gasteiger partial charge >= 0.3 is 0 Å². The monoisotopic (exact) mass is 202 g/mol. The summed E-state index contributed by atoms with van der Waals surface area (Å²) in [5.74, 6) is 2.35. The first-order chi connectivity index (χ1) is 6.18. The zero-order valence-electron chi connectivity index (χ0n) is 8.41. The number of hydrogen-bond donors (Lipinski definition) is 0. The largest absolute Gasteiger partial charge is 0.501 e. The Kier molecular flexibility index (Phi) is 4.50. The van der Waals surface area contributed by atoms with Gasteiger partial charge in [-0.15, -0.1) is 0 Å². The highest BCUT2D eigenvalue weighted by molar-refractivity contribution is 7.85. The van der Waals surface area contributed by atoms with Gasteiger partial charge in [0, 0.05) is 22.3 Å².